The number of benzene rings is 1. The van der Waals surface area contributed by atoms with Gasteiger partial charge in [-0.05, 0) is 112 Å². The van der Waals surface area contributed by atoms with Gasteiger partial charge < -0.3 is 63.8 Å². The first kappa shape index (κ1) is 62.1. The lowest BCUT2D eigenvalue weighted by Crippen LogP contribution is -2.61. The summed E-state index contributed by atoms with van der Waals surface area (Å²) in [4.78, 5) is 18.3. The molecule has 4 heterocycles. The molecule has 1 aromatic heterocycles. The van der Waals surface area contributed by atoms with Crippen LogP contribution in [0, 0.1) is 17.8 Å². The Hall–Kier alpha value is -2.79. The van der Waals surface area contributed by atoms with Gasteiger partial charge in [-0.1, -0.05) is 26.0 Å². The maximum atomic E-state index is 14.5. The van der Waals surface area contributed by atoms with Crippen LogP contribution in [-0.4, -0.2) is 211 Å². The summed E-state index contributed by atoms with van der Waals surface area (Å²) < 4.78 is 91.5. The second kappa shape index (κ2) is 24.9. The second-order valence-corrected chi connectivity index (χ2v) is 25.8. The molecule has 24 heteroatoms. The Kier molecular flexibility index (Phi) is 20.9. The number of aliphatic hydroxyl groups is 5. The lowest BCUT2D eigenvalue weighted by molar-refractivity contribution is -0.318. The molecule has 6 N–H and O–H groups in total. The van der Waals surface area contributed by atoms with Crippen LogP contribution in [0.4, 0.5) is 0 Å². The van der Waals surface area contributed by atoms with Gasteiger partial charge in [0, 0.05) is 70.0 Å². The van der Waals surface area contributed by atoms with Gasteiger partial charge in [0.2, 0.25) is 10.0 Å². The number of nitrogens with one attached hydrogen (secondary N) is 1. The minimum absolute atomic E-state index is 0.00747. The number of nitrogens with zero attached hydrogens (tertiary/aromatic N) is 5. The summed E-state index contributed by atoms with van der Waals surface area (Å²) in [6, 6.07) is 3.84. The van der Waals surface area contributed by atoms with Gasteiger partial charge in [-0.25, -0.2) is 21.6 Å². The topological polar surface area (TPSA) is 291 Å². The van der Waals surface area contributed by atoms with E-state index in [-0.39, 0.29) is 48.1 Å². The van der Waals surface area contributed by atoms with E-state index in [4.69, 9.17) is 28.4 Å². The standard InChI is InChI=1S/C50H86N6O16S2/c1-15-39-50(10,62)43(58)33(6)55(12)27-29(2)25-48(8,61)45(31(4)42(32(5)46(60)70-39)71-40-26-49(9,67-13)44(59)34(7)69-40)72-47-41(57)38(24-30(3)68-47)54(11)22-20-35-28-56(53-52-35)23-21-51-74(65,66)37-18-16-36(17-19-37)73(14,63)64/h16-19,28-34,38-45,47,51,57-59,61-62H,15,20-27H2,1-14H3/t29-,30-,31+,32-,33-,34+,38+,39-,40+,41-,42+,43-,44+,45-,47+,48-,49-,50-/m1/s1. The Morgan fingerprint density at radius 3 is 2.18 bits per heavy atom. The van der Waals surface area contributed by atoms with Crippen molar-refractivity contribution in [3.8, 4) is 0 Å². The van der Waals surface area contributed by atoms with Gasteiger partial charge >= 0.3 is 5.97 Å². The smallest absolute Gasteiger partial charge is 0.311 e. The van der Waals surface area contributed by atoms with Gasteiger partial charge in [0.1, 0.15) is 30.0 Å². The molecular weight excluding hydrogens is 1000 g/mol. The lowest BCUT2D eigenvalue weighted by Gasteiger charge is -2.49. The predicted octanol–water partition coefficient (Wildman–Crippen LogP) is 1.49. The number of aromatic nitrogens is 3. The highest BCUT2D eigenvalue weighted by atomic mass is 32.2. The molecule has 424 valence electrons. The summed E-state index contributed by atoms with van der Waals surface area (Å²) in [6.07, 6.45) is -6.47. The summed E-state index contributed by atoms with van der Waals surface area (Å²) in [5.74, 6) is -2.93. The maximum absolute atomic E-state index is 14.5. The van der Waals surface area contributed by atoms with Gasteiger partial charge in [-0.3, -0.25) is 9.48 Å². The van der Waals surface area contributed by atoms with Gasteiger partial charge in [0.25, 0.3) is 0 Å². The van der Waals surface area contributed by atoms with Crippen LogP contribution in [0.15, 0.2) is 40.3 Å². The number of esters is 1. The average Bonchev–Trinajstić information content (AvgIpc) is 3.78. The summed E-state index contributed by atoms with van der Waals surface area (Å²) >= 11 is 0. The van der Waals surface area contributed by atoms with Crippen LogP contribution in [0.5, 0.6) is 0 Å². The zero-order valence-corrected chi connectivity index (χ0v) is 47.3. The minimum atomic E-state index is -3.93. The Bertz CT molecular complexity index is 2360. The van der Waals surface area contributed by atoms with Crippen LogP contribution < -0.4 is 4.72 Å². The lowest BCUT2D eigenvalue weighted by atomic mass is 9.77. The van der Waals surface area contributed by atoms with E-state index in [1.807, 2.05) is 37.7 Å². The van der Waals surface area contributed by atoms with Crippen LogP contribution in [-0.2, 0) is 66.0 Å². The van der Waals surface area contributed by atoms with Gasteiger partial charge in [0.15, 0.2) is 22.4 Å². The van der Waals surface area contributed by atoms with Crippen molar-refractivity contribution in [2.24, 2.45) is 17.8 Å². The van der Waals surface area contributed by atoms with Crippen LogP contribution >= 0.6 is 0 Å². The molecule has 22 nitrogen and oxygen atoms in total. The molecule has 0 radical (unpaired) electrons. The van der Waals surface area contributed by atoms with E-state index in [0.717, 1.165) is 6.26 Å². The van der Waals surface area contributed by atoms with Crippen LogP contribution in [0.25, 0.3) is 0 Å². The number of hydrogen-bond donors (Lipinski definition) is 6. The fourth-order valence-electron chi connectivity index (χ4n) is 10.9. The van der Waals surface area contributed by atoms with Crippen molar-refractivity contribution in [2.75, 3.05) is 47.1 Å². The largest absolute Gasteiger partial charge is 0.459 e. The fourth-order valence-corrected chi connectivity index (χ4v) is 12.6. The van der Waals surface area contributed by atoms with Crippen molar-refractivity contribution >= 4 is 25.8 Å². The highest BCUT2D eigenvalue weighted by molar-refractivity contribution is 7.90. The zero-order valence-electron chi connectivity index (χ0n) is 45.7. The van der Waals surface area contributed by atoms with Crippen molar-refractivity contribution in [3.63, 3.8) is 0 Å². The van der Waals surface area contributed by atoms with E-state index in [1.54, 1.807) is 54.7 Å². The van der Waals surface area contributed by atoms with E-state index in [0.29, 0.717) is 31.6 Å². The van der Waals surface area contributed by atoms with Crippen molar-refractivity contribution in [1.82, 2.24) is 29.5 Å². The van der Waals surface area contributed by atoms with Gasteiger partial charge in [-0.15, -0.1) is 5.10 Å². The van der Waals surface area contributed by atoms with Gasteiger partial charge in [-0.2, -0.15) is 0 Å². The van der Waals surface area contributed by atoms with Crippen LogP contribution in [0.3, 0.4) is 0 Å². The number of sulfonamides is 1. The second-order valence-electron chi connectivity index (χ2n) is 22.0. The number of rotatable bonds is 16. The highest BCUT2D eigenvalue weighted by Crippen LogP contribution is 2.40. The predicted molar refractivity (Wildman–Crippen MR) is 272 cm³/mol. The zero-order chi connectivity index (χ0) is 55.5. The van der Waals surface area contributed by atoms with Crippen molar-refractivity contribution in [3.05, 3.63) is 36.2 Å². The number of likely N-dealkylation sites (N-methyl/N-ethyl adjacent to an activating group) is 2. The molecule has 3 aliphatic heterocycles. The molecule has 0 unspecified atom stereocenters. The Morgan fingerprint density at radius 1 is 0.932 bits per heavy atom. The van der Waals surface area contributed by atoms with Crippen molar-refractivity contribution < 1.29 is 75.6 Å². The Morgan fingerprint density at radius 2 is 1.57 bits per heavy atom. The number of methoxy groups -OCH3 is 1. The molecule has 2 aromatic rings. The highest BCUT2D eigenvalue weighted by Gasteiger charge is 2.53. The number of carbonyl (C=O) groups is 1. The molecule has 3 saturated heterocycles. The molecule has 0 amide bonds. The maximum Gasteiger partial charge on any atom is 0.311 e. The van der Waals surface area contributed by atoms with E-state index < -0.39 is 128 Å². The number of hydrogen-bond acceptors (Lipinski definition) is 20. The van der Waals surface area contributed by atoms with E-state index in [1.165, 1.54) is 43.0 Å². The molecular formula is C50H86N6O16S2. The average molecular weight is 1090 g/mol. The van der Waals surface area contributed by atoms with Gasteiger partial charge in [0.05, 0.1) is 63.6 Å². The summed E-state index contributed by atoms with van der Waals surface area (Å²) in [5.41, 5.74) is -4.01. The fraction of sp³-hybridized carbons (Fsp3) is 0.820. The minimum Gasteiger partial charge on any atom is -0.459 e. The molecule has 0 bridgehead atoms. The summed E-state index contributed by atoms with van der Waals surface area (Å²) in [6.45, 7) is 18.2. The third-order valence-corrected chi connectivity index (χ3v) is 18.2. The third kappa shape index (κ3) is 14.9. The molecule has 74 heavy (non-hydrogen) atoms. The summed E-state index contributed by atoms with van der Waals surface area (Å²) in [7, 11) is -2.27. The Labute approximate surface area is 438 Å². The number of cyclic esters (lactones) is 1. The molecule has 3 aliphatic rings. The van der Waals surface area contributed by atoms with Crippen molar-refractivity contribution in [2.45, 2.75) is 208 Å². The SMILES string of the molecule is CC[C@H]1OC(=O)[C@H](C)[C@@H](O[C@H]2C[C@@](C)(OC)[C@@H](O)[C@H](C)O2)[C@H](C)[C@@H](O[C@@H]2O[C@H](C)C[C@H](N(C)CCc3cn(CCNS(=O)(=O)c4ccc(S(C)(=O)=O)cc4)nn3)[C@H]2O)[C@](C)(O)C[C@@H](C)CN(C)[C@H](C)[C@@H](O)[C@]1(C)O. The quantitative estimate of drug-likeness (QED) is 0.130. The number of sulfone groups is 1. The molecule has 0 saturated carbocycles. The van der Waals surface area contributed by atoms with E-state index in [9.17, 15) is 47.2 Å². The molecule has 5 rings (SSSR count). The number of carbonyl (C=O) groups excluding carboxylic acids is 1. The Balaban J connectivity index is 1.38. The number of aliphatic hydroxyl groups excluding tert-OH is 3. The van der Waals surface area contributed by atoms with Crippen LogP contribution in [0.1, 0.15) is 101 Å². The molecule has 3 fully saturated rings. The normalized spacial score (nSPS) is 38.8. The molecule has 18 atom stereocenters. The monoisotopic (exact) mass is 1090 g/mol. The third-order valence-electron chi connectivity index (χ3n) is 15.6. The number of ether oxygens (including phenoxy) is 6. The van der Waals surface area contributed by atoms with E-state index >= 15 is 0 Å². The van der Waals surface area contributed by atoms with Crippen LogP contribution in [0.2, 0.25) is 0 Å². The first-order chi connectivity index (χ1) is 34.3. The van der Waals surface area contributed by atoms with E-state index in [2.05, 4.69) is 15.0 Å². The summed E-state index contributed by atoms with van der Waals surface area (Å²) in [5, 5.41) is 68.1. The molecule has 0 aliphatic carbocycles. The first-order valence-corrected chi connectivity index (χ1v) is 29.1. The molecule has 1 aromatic carbocycles. The first-order valence-electron chi connectivity index (χ1n) is 25.7. The molecule has 0 spiro atoms. The van der Waals surface area contributed by atoms with Crippen molar-refractivity contribution in [1.29, 1.82) is 0 Å².